The number of rotatable bonds is 5. The van der Waals surface area contributed by atoms with E-state index in [1.165, 1.54) is 12.1 Å². The van der Waals surface area contributed by atoms with Gasteiger partial charge in [-0.25, -0.2) is 22.9 Å². The van der Waals surface area contributed by atoms with Crippen molar-refractivity contribution in [1.29, 1.82) is 0 Å². The topological polar surface area (TPSA) is 96.4 Å². The van der Waals surface area contributed by atoms with Crippen molar-refractivity contribution >= 4 is 16.0 Å². The largest absolute Gasteiger partial charge is 0.478 e. The molecule has 1 aliphatic carbocycles. The molecule has 0 radical (unpaired) electrons. The van der Waals surface area contributed by atoms with Crippen LogP contribution in [0.3, 0.4) is 0 Å². The molecule has 1 aromatic heterocycles. The molecule has 0 spiro atoms. The van der Waals surface area contributed by atoms with E-state index >= 15 is 0 Å². The van der Waals surface area contributed by atoms with Gasteiger partial charge in [-0.1, -0.05) is 13.3 Å². The third-order valence-electron chi connectivity index (χ3n) is 3.01. The first kappa shape index (κ1) is 13.0. The Labute approximate surface area is 105 Å². The molecule has 0 amide bonds. The van der Waals surface area contributed by atoms with Gasteiger partial charge in [-0.3, -0.25) is 0 Å². The lowest BCUT2D eigenvalue weighted by Crippen LogP contribution is -2.27. The molecule has 1 saturated carbocycles. The molecule has 1 aromatic rings. The lowest BCUT2D eigenvalue weighted by molar-refractivity contribution is 0.0696. The van der Waals surface area contributed by atoms with Gasteiger partial charge in [0.1, 0.15) is 0 Å². The number of nitrogens with one attached hydrogen (secondary N) is 1. The second-order valence-corrected chi connectivity index (χ2v) is 5.98. The second kappa shape index (κ2) is 4.66. The van der Waals surface area contributed by atoms with Gasteiger partial charge < -0.3 is 5.11 Å². The summed E-state index contributed by atoms with van der Waals surface area (Å²) in [6.07, 6.45) is 2.84. The van der Waals surface area contributed by atoms with Crippen molar-refractivity contribution < 1.29 is 18.3 Å². The fourth-order valence-electron chi connectivity index (χ4n) is 1.77. The average Bonchev–Trinajstić information content (AvgIpc) is 3.06. The Hall–Kier alpha value is -1.47. The molecule has 1 heterocycles. The third-order valence-corrected chi connectivity index (χ3v) is 4.42. The number of hydrogen-bond donors (Lipinski definition) is 2. The van der Waals surface area contributed by atoms with E-state index in [-0.39, 0.29) is 16.6 Å². The van der Waals surface area contributed by atoms with Gasteiger partial charge in [-0.05, 0) is 24.5 Å². The van der Waals surface area contributed by atoms with Crippen molar-refractivity contribution in [3.8, 4) is 0 Å². The highest BCUT2D eigenvalue weighted by Gasteiger charge is 2.38. The monoisotopic (exact) mass is 270 g/mol. The zero-order chi connectivity index (χ0) is 13.3. The van der Waals surface area contributed by atoms with Gasteiger partial charge in [-0.15, -0.1) is 0 Å². The Bertz CT molecular complexity index is 553. The SMILES string of the molecule is CCC1CC1NS(=O)(=O)c1ccc(C(=O)O)cn1. The molecule has 2 rings (SSSR count). The summed E-state index contributed by atoms with van der Waals surface area (Å²) in [6, 6.07) is 2.42. The molecule has 6 nitrogen and oxygen atoms in total. The predicted octanol–water partition coefficient (Wildman–Crippen LogP) is 0.857. The van der Waals surface area contributed by atoms with Crippen molar-refractivity contribution in [3.05, 3.63) is 23.9 Å². The van der Waals surface area contributed by atoms with Crippen molar-refractivity contribution in [2.24, 2.45) is 5.92 Å². The number of carboxylic acids is 1. The minimum atomic E-state index is -3.64. The number of sulfonamides is 1. The second-order valence-electron chi connectivity index (χ2n) is 4.32. The minimum Gasteiger partial charge on any atom is -0.478 e. The third kappa shape index (κ3) is 2.68. The molecule has 7 heteroatoms. The molecular formula is C11H14N2O4S. The van der Waals surface area contributed by atoms with E-state index in [4.69, 9.17) is 5.11 Å². The highest BCUT2D eigenvalue weighted by atomic mass is 32.2. The van der Waals surface area contributed by atoms with E-state index in [1.807, 2.05) is 6.92 Å². The van der Waals surface area contributed by atoms with Crippen molar-refractivity contribution in [3.63, 3.8) is 0 Å². The van der Waals surface area contributed by atoms with Crippen LogP contribution in [0.4, 0.5) is 0 Å². The fraction of sp³-hybridized carbons (Fsp3) is 0.455. The number of nitrogens with zero attached hydrogens (tertiary/aromatic N) is 1. The summed E-state index contributed by atoms with van der Waals surface area (Å²) in [5.74, 6) is -0.731. The highest BCUT2D eigenvalue weighted by molar-refractivity contribution is 7.89. The summed E-state index contributed by atoms with van der Waals surface area (Å²) in [7, 11) is -3.64. The van der Waals surface area contributed by atoms with Crippen LogP contribution < -0.4 is 4.72 Å². The van der Waals surface area contributed by atoms with Gasteiger partial charge in [0, 0.05) is 12.2 Å². The first-order valence-electron chi connectivity index (χ1n) is 5.65. The van der Waals surface area contributed by atoms with Crippen LogP contribution in [0.25, 0.3) is 0 Å². The van der Waals surface area contributed by atoms with Gasteiger partial charge >= 0.3 is 5.97 Å². The van der Waals surface area contributed by atoms with Gasteiger partial charge in [-0.2, -0.15) is 0 Å². The van der Waals surface area contributed by atoms with Crippen molar-refractivity contribution in [1.82, 2.24) is 9.71 Å². The number of pyridine rings is 1. The zero-order valence-electron chi connectivity index (χ0n) is 9.83. The van der Waals surface area contributed by atoms with E-state index in [0.29, 0.717) is 5.92 Å². The summed E-state index contributed by atoms with van der Waals surface area (Å²) in [6.45, 7) is 2.01. The van der Waals surface area contributed by atoms with Gasteiger partial charge in [0.05, 0.1) is 5.56 Å². The first-order valence-corrected chi connectivity index (χ1v) is 7.14. The van der Waals surface area contributed by atoms with Crippen LogP contribution in [-0.2, 0) is 10.0 Å². The maximum absolute atomic E-state index is 11.9. The maximum atomic E-state index is 11.9. The van der Waals surface area contributed by atoms with Crippen LogP contribution in [0.2, 0.25) is 0 Å². The Kier molecular flexibility index (Phi) is 3.36. The van der Waals surface area contributed by atoms with E-state index < -0.39 is 16.0 Å². The maximum Gasteiger partial charge on any atom is 0.337 e. The van der Waals surface area contributed by atoms with Gasteiger partial charge in [0.15, 0.2) is 5.03 Å². The minimum absolute atomic E-state index is 0.0130. The average molecular weight is 270 g/mol. The number of hydrogen-bond acceptors (Lipinski definition) is 4. The van der Waals surface area contributed by atoms with E-state index in [2.05, 4.69) is 9.71 Å². The standard InChI is InChI=1S/C11H14N2O4S/c1-2-7-5-9(7)13-18(16,17)10-4-3-8(6-12-10)11(14)15/h3-4,6-7,9,13H,2,5H2,1H3,(H,14,15). The highest BCUT2D eigenvalue weighted by Crippen LogP contribution is 2.34. The summed E-state index contributed by atoms with van der Waals surface area (Å²) >= 11 is 0. The Morgan fingerprint density at radius 1 is 1.56 bits per heavy atom. The van der Waals surface area contributed by atoms with Crippen LogP contribution in [0, 0.1) is 5.92 Å². The summed E-state index contributed by atoms with van der Waals surface area (Å²) < 4.78 is 26.4. The molecule has 1 fully saturated rings. The summed E-state index contributed by atoms with van der Waals surface area (Å²) in [5.41, 5.74) is -0.0354. The van der Waals surface area contributed by atoms with Crippen molar-refractivity contribution in [2.45, 2.75) is 30.8 Å². The van der Waals surface area contributed by atoms with Crippen LogP contribution in [0.15, 0.2) is 23.4 Å². The molecular weight excluding hydrogens is 256 g/mol. The summed E-state index contributed by atoms with van der Waals surface area (Å²) in [5, 5.41) is 8.55. The molecule has 2 atom stereocenters. The molecule has 2 unspecified atom stereocenters. The first-order chi connectivity index (χ1) is 8.44. The van der Waals surface area contributed by atoms with Crippen molar-refractivity contribution in [2.75, 3.05) is 0 Å². The van der Waals surface area contributed by atoms with E-state index in [1.54, 1.807) is 0 Å². The van der Waals surface area contributed by atoms with Gasteiger partial charge in [0.25, 0.3) is 10.0 Å². The number of carboxylic acid groups (broad SMARTS) is 1. The molecule has 18 heavy (non-hydrogen) atoms. The van der Waals surface area contributed by atoms with Crippen LogP contribution in [0.5, 0.6) is 0 Å². The van der Waals surface area contributed by atoms with Crippen LogP contribution in [0.1, 0.15) is 30.1 Å². The fourth-order valence-corrected chi connectivity index (χ4v) is 3.02. The van der Waals surface area contributed by atoms with E-state index in [9.17, 15) is 13.2 Å². The molecule has 0 bridgehead atoms. The summed E-state index contributed by atoms with van der Waals surface area (Å²) in [4.78, 5) is 14.3. The van der Waals surface area contributed by atoms with E-state index in [0.717, 1.165) is 19.0 Å². The Morgan fingerprint density at radius 2 is 2.28 bits per heavy atom. The lowest BCUT2D eigenvalue weighted by atomic mass is 10.3. The molecule has 1 aliphatic rings. The predicted molar refractivity (Wildman–Crippen MR) is 63.7 cm³/mol. The molecule has 0 saturated heterocycles. The zero-order valence-corrected chi connectivity index (χ0v) is 10.6. The molecule has 0 aromatic carbocycles. The Balaban J connectivity index is 2.12. The normalized spacial score (nSPS) is 22.7. The lowest BCUT2D eigenvalue weighted by Gasteiger charge is -2.05. The van der Waals surface area contributed by atoms with Gasteiger partial charge in [0.2, 0.25) is 0 Å². The molecule has 98 valence electrons. The number of aromatic nitrogens is 1. The molecule has 0 aliphatic heterocycles. The van der Waals surface area contributed by atoms with Crippen LogP contribution >= 0.6 is 0 Å². The van der Waals surface area contributed by atoms with Crippen LogP contribution in [-0.4, -0.2) is 30.5 Å². The number of carbonyl (C=O) groups is 1. The smallest absolute Gasteiger partial charge is 0.337 e. The quantitative estimate of drug-likeness (QED) is 0.827. The Morgan fingerprint density at radius 3 is 2.72 bits per heavy atom. The number of aromatic carboxylic acids is 1. The molecule has 2 N–H and O–H groups in total.